The normalized spacial score (nSPS) is 10.9. The van der Waals surface area contributed by atoms with Crippen LogP contribution in [0.4, 0.5) is 5.69 Å². The molecule has 0 amide bonds. The molecule has 96 valence electrons. The van der Waals surface area contributed by atoms with Gasteiger partial charge in [-0.15, -0.1) is 0 Å². The lowest BCUT2D eigenvalue weighted by molar-refractivity contribution is 0.589. The Hall–Kier alpha value is -0.730. The van der Waals surface area contributed by atoms with Crippen LogP contribution in [0.25, 0.3) is 0 Å². The zero-order valence-corrected chi connectivity index (χ0v) is 12.0. The molecule has 0 aliphatic rings. The molecule has 1 rings (SSSR count). The summed E-state index contributed by atoms with van der Waals surface area (Å²) in [4.78, 5) is 2.27. The van der Waals surface area contributed by atoms with Crippen molar-refractivity contribution in [2.75, 3.05) is 18.0 Å². The van der Waals surface area contributed by atoms with Gasteiger partial charge in [0, 0.05) is 25.7 Å². The van der Waals surface area contributed by atoms with Crippen molar-refractivity contribution in [1.29, 1.82) is 0 Å². The highest BCUT2D eigenvalue weighted by atomic mass is 35.5. The number of hydrogen-bond acceptors (Lipinski definition) is 2. The van der Waals surface area contributed by atoms with Crippen molar-refractivity contribution < 1.29 is 0 Å². The van der Waals surface area contributed by atoms with Crippen molar-refractivity contribution in [1.82, 2.24) is 5.32 Å². The fourth-order valence-electron chi connectivity index (χ4n) is 1.80. The molecule has 1 aromatic carbocycles. The molecule has 0 spiro atoms. The van der Waals surface area contributed by atoms with Crippen LogP contribution >= 0.6 is 11.6 Å². The van der Waals surface area contributed by atoms with Crippen LogP contribution in [0.3, 0.4) is 0 Å². The maximum absolute atomic E-state index is 6.33. The molecule has 0 aromatic heterocycles. The Morgan fingerprint density at radius 1 is 1.24 bits per heavy atom. The van der Waals surface area contributed by atoms with E-state index >= 15 is 0 Å². The predicted molar refractivity (Wildman–Crippen MR) is 77.0 cm³/mol. The molecule has 0 bridgehead atoms. The number of rotatable bonds is 6. The first-order valence-electron chi connectivity index (χ1n) is 6.35. The van der Waals surface area contributed by atoms with Crippen molar-refractivity contribution in [3.63, 3.8) is 0 Å². The van der Waals surface area contributed by atoms with Crippen LogP contribution in [0.1, 0.15) is 33.3 Å². The van der Waals surface area contributed by atoms with Crippen LogP contribution in [0.15, 0.2) is 18.2 Å². The third-order valence-corrected chi connectivity index (χ3v) is 3.13. The Bertz CT molecular complexity index is 346. The second-order valence-corrected chi connectivity index (χ2v) is 4.90. The van der Waals surface area contributed by atoms with E-state index < -0.39 is 0 Å². The molecule has 3 heteroatoms. The Morgan fingerprint density at radius 3 is 2.35 bits per heavy atom. The van der Waals surface area contributed by atoms with Crippen LogP contribution in [0.5, 0.6) is 0 Å². The Labute approximate surface area is 110 Å². The van der Waals surface area contributed by atoms with Crippen LogP contribution in [0.2, 0.25) is 5.02 Å². The zero-order chi connectivity index (χ0) is 12.8. The fourth-order valence-corrected chi connectivity index (χ4v) is 2.13. The van der Waals surface area contributed by atoms with E-state index in [1.807, 2.05) is 0 Å². The van der Waals surface area contributed by atoms with Crippen molar-refractivity contribution in [2.45, 2.75) is 40.3 Å². The molecule has 1 N–H and O–H groups in total. The zero-order valence-electron chi connectivity index (χ0n) is 11.3. The van der Waals surface area contributed by atoms with Gasteiger partial charge in [0.2, 0.25) is 0 Å². The van der Waals surface area contributed by atoms with Gasteiger partial charge in [0.05, 0.1) is 10.7 Å². The summed E-state index contributed by atoms with van der Waals surface area (Å²) in [6, 6.07) is 6.82. The molecule has 0 aliphatic heterocycles. The van der Waals surface area contributed by atoms with Gasteiger partial charge < -0.3 is 10.2 Å². The molecule has 1 aromatic rings. The van der Waals surface area contributed by atoms with Gasteiger partial charge in [0.15, 0.2) is 0 Å². The molecule has 2 nitrogen and oxygen atoms in total. The minimum atomic E-state index is 0.497. The van der Waals surface area contributed by atoms with E-state index in [4.69, 9.17) is 11.6 Å². The largest absolute Gasteiger partial charge is 0.371 e. The number of hydrogen-bond donors (Lipinski definition) is 1. The number of nitrogens with zero attached hydrogens (tertiary/aromatic N) is 1. The van der Waals surface area contributed by atoms with Crippen LogP contribution in [0, 0.1) is 0 Å². The molecular weight excluding hydrogens is 232 g/mol. The molecule has 0 radical (unpaired) electrons. The summed E-state index contributed by atoms with van der Waals surface area (Å²) in [5, 5.41) is 4.24. The summed E-state index contributed by atoms with van der Waals surface area (Å²) < 4.78 is 0. The second-order valence-electron chi connectivity index (χ2n) is 4.49. The smallest absolute Gasteiger partial charge is 0.0642 e. The first-order valence-corrected chi connectivity index (χ1v) is 6.73. The quantitative estimate of drug-likeness (QED) is 0.833. The molecule has 0 saturated heterocycles. The summed E-state index contributed by atoms with van der Waals surface area (Å²) in [5.41, 5.74) is 2.37. The van der Waals surface area contributed by atoms with E-state index in [9.17, 15) is 0 Å². The highest BCUT2D eigenvalue weighted by Crippen LogP contribution is 2.26. The minimum absolute atomic E-state index is 0.497. The lowest BCUT2D eigenvalue weighted by atomic mass is 10.2. The lowest BCUT2D eigenvalue weighted by Crippen LogP contribution is -2.23. The number of benzene rings is 1. The van der Waals surface area contributed by atoms with Crippen molar-refractivity contribution in [2.24, 2.45) is 0 Å². The van der Waals surface area contributed by atoms with Gasteiger partial charge in [-0.25, -0.2) is 0 Å². The van der Waals surface area contributed by atoms with E-state index in [1.54, 1.807) is 0 Å². The van der Waals surface area contributed by atoms with Gasteiger partial charge in [-0.3, -0.25) is 0 Å². The first kappa shape index (κ1) is 14.3. The summed E-state index contributed by atoms with van der Waals surface area (Å²) in [6.07, 6.45) is 0. The first-order chi connectivity index (χ1) is 8.08. The summed E-state index contributed by atoms with van der Waals surface area (Å²) in [7, 11) is 0. The molecule has 0 heterocycles. The molecule has 0 saturated carbocycles. The Kier molecular flexibility index (Phi) is 5.79. The van der Waals surface area contributed by atoms with Gasteiger partial charge in [-0.1, -0.05) is 31.5 Å². The lowest BCUT2D eigenvalue weighted by Gasteiger charge is -2.22. The monoisotopic (exact) mass is 254 g/mol. The van der Waals surface area contributed by atoms with Crippen molar-refractivity contribution in [3.05, 3.63) is 28.8 Å². The van der Waals surface area contributed by atoms with E-state index in [0.717, 1.165) is 30.3 Å². The van der Waals surface area contributed by atoms with E-state index in [0.29, 0.717) is 6.04 Å². The van der Waals surface area contributed by atoms with E-state index in [-0.39, 0.29) is 0 Å². The number of halogens is 1. The summed E-state index contributed by atoms with van der Waals surface area (Å²) in [6.45, 7) is 11.4. The van der Waals surface area contributed by atoms with Gasteiger partial charge in [-0.2, -0.15) is 0 Å². The van der Waals surface area contributed by atoms with Crippen molar-refractivity contribution >= 4 is 17.3 Å². The number of anilines is 1. The van der Waals surface area contributed by atoms with Gasteiger partial charge in [0.25, 0.3) is 0 Å². The molecule has 0 fully saturated rings. The molecular formula is C14H23ClN2. The third kappa shape index (κ3) is 4.21. The van der Waals surface area contributed by atoms with Crippen LogP contribution in [-0.2, 0) is 6.54 Å². The van der Waals surface area contributed by atoms with Crippen LogP contribution < -0.4 is 10.2 Å². The average Bonchev–Trinajstić information content (AvgIpc) is 2.30. The highest BCUT2D eigenvalue weighted by Gasteiger charge is 2.07. The van der Waals surface area contributed by atoms with Crippen molar-refractivity contribution in [3.8, 4) is 0 Å². The highest BCUT2D eigenvalue weighted by molar-refractivity contribution is 6.33. The summed E-state index contributed by atoms with van der Waals surface area (Å²) >= 11 is 6.33. The van der Waals surface area contributed by atoms with E-state index in [1.165, 1.54) is 5.56 Å². The molecule has 0 atom stereocenters. The number of nitrogens with one attached hydrogen (secondary N) is 1. The second kappa shape index (κ2) is 6.87. The molecule has 0 aliphatic carbocycles. The topological polar surface area (TPSA) is 15.3 Å². The van der Waals surface area contributed by atoms with E-state index in [2.05, 4.69) is 56.1 Å². The molecule has 0 unspecified atom stereocenters. The van der Waals surface area contributed by atoms with Crippen LogP contribution in [-0.4, -0.2) is 19.1 Å². The fraction of sp³-hybridized carbons (Fsp3) is 0.571. The Morgan fingerprint density at radius 2 is 1.88 bits per heavy atom. The minimum Gasteiger partial charge on any atom is -0.371 e. The third-order valence-electron chi connectivity index (χ3n) is 2.83. The maximum atomic E-state index is 6.33. The van der Waals surface area contributed by atoms with Gasteiger partial charge in [0.1, 0.15) is 0 Å². The predicted octanol–water partition coefficient (Wildman–Crippen LogP) is 3.68. The average molecular weight is 255 g/mol. The van der Waals surface area contributed by atoms with Gasteiger partial charge in [-0.05, 0) is 31.5 Å². The maximum Gasteiger partial charge on any atom is 0.0642 e. The van der Waals surface area contributed by atoms with Gasteiger partial charge >= 0.3 is 0 Å². The summed E-state index contributed by atoms with van der Waals surface area (Å²) in [5.74, 6) is 0. The SMILES string of the molecule is CCN(CC)c1ccc(CNC(C)C)cc1Cl. The molecule has 17 heavy (non-hydrogen) atoms. The standard InChI is InChI=1S/C14H23ClN2/c1-5-17(6-2)14-8-7-12(9-13(14)15)10-16-11(3)4/h7-9,11,16H,5-6,10H2,1-4H3. The Balaban J connectivity index is 2.78.